The van der Waals surface area contributed by atoms with Crippen LogP contribution in [0.15, 0.2) is 48.5 Å². The van der Waals surface area contributed by atoms with Gasteiger partial charge >= 0.3 is 0 Å². The smallest absolute Gasteiger partial charge is 0.211 e. The number of aryl methyl sites for hydroxylation is 2. The number of hydrogen-bond donors (Lipinski definition) is 1. The van der Waals surface area contributed by atoms with Crippen molar-refractivity contribution >= 4 is 22.4 Å². The van der Waals surface area contributed by atoms with Crippen molar-refractivity contribution in [2.24, 2.45) is 0 Å². The Balaban J connectivity index is 2.13. The van der Waals surface area contributed by atoms with Crippen molar-refractivity contribution in [1.29, 1.82) is 0 Å². The number of carbonyl (C=O) groups is 1. The van der Waals surface area contributed by atoms with Crippen molar-refractivity contribution in [2.75, 3.05) is 5.73 Å². The number of rotatable bonds is 2. The highest BCUT2D eigenvalue weighted by atomic mass is 16.1. The van der Waals surface area contributed by atoms with Crippen molar-refractivity contribution in [3.63, 3.8) is 0 Å². The minimum atomic E-state index is -0.0926. The predicted molar refractivity (Wildman–Crippen MR) is 85.5 cm³/mol. The lowest BCUT2D eigenvalue weighted by atomic mass is 9.99. The summed E-state index contributed by atoms with van der Waals surface area (Å²) in [5.74, 6) is -0.0926. The number of nitrogens with two attached hydrogens (primary N) is 1. The van der Waals surface area contributed by atoms with Gasteiger partial charge in [-0.05, 0) is 31.5 Å². The first kappa shape index (κ1) is 13.3. The number of hydrogen-bond acceptors (Lipinski definition) is 3. The number of anilines is 1. The zero-order valence-electron chi connectivity index (χ0n) is 12.1. The van der Waals surface area contributed by atoms with E-state index in [-0.39, 0.29) is 5.78 Å². The zero-order chi connectivity index (χ0) is 15.0. The molecule has 0 unspecified atom stereocenters. The van der Waals surface area contributed by atoms with Gasteiger partial charge in [0.05, 0.1) is 5.52 Å². The maximum absolute atomic E-state index is 12.7. The monoisotopic (exact) mass is 276 g/mol. The number of fused-ring (bicyclic) bond motifs is 1. The van der Waals surface area contributed by atoms with Gasteiger partial charge in [0.25, 0.3) is 0 Å². The molecule has 0 fully saturated rings. The minimum absolute atomic E-state index is 0.0926. The van der Waals surface area contributed by atoms with Gasteiger partial charge in [-0.15, -0.1) is 0 Å². The summed E-state index contributed by atoms with van der Waals surface area (Å²) < 4.78 is 0. The van der Waals surface area contributed by atoms with Gasteiger partial charge in [-0.25, -0.2) is 4.98 Å². The van der Waals surface area contributed by atoms with Crippen LogP contribution < -0.4 is 5.73 Å². The SMILES string of the molecule is Cc1ccc(C(=O)c2cc(N)c3ccccc3n2)c(C)c1. The van der Waals surface area contributed by atoms with Crippen molar-refractivity contribution in [2.45, 2.75) is 13.8 Å². The number of nitrogens with zero attached hydrogens (tertiary/aromatic N) is 1. The van der Waals surface area contributed by atoms with Crippen molar-refractivity contribution in [3.8, 4) is 0 Å². The Morgan fingerprint density at radius 3 is 2.57 bits per heavy atom. The lowest BCUT2D eigenvalue weighted by Crippen LogP contribution is -2.07. The van der Waals surface area contributed by atoms with Gasteiger partial charge in [0.2, 0.25) is 5.78 Å². The second-order valence-corrected chi connectivity index (χ2v) is 5.26. The maximum atomic E-state index is 12.7. The number of nitrogen functional groups attached to an aromatic ring is 1. The summed E-state index contributed by atoms with van der Waals surface area (Å²) >= 11 is 0. The molecule has 0 amide bonds. The first-order valence-corrected chi connectivity index (χ1v) is 6.83. The molecule has 0 aliphatic carbocycles. The number of aromatic nitrogens is 1. The van der Waals surface area contributed by atoms with Crippen molar-refractivity contribution in [1.82, 2.24) is 4.98 Å². The van der Waals surface area contributed by atoms with Crippen LogP contribution in [0.3, 0.4) is 0 Å². The van der Waals surface area contributed by atoms with Crippen LogP contribution in [-0.2, 0) is 0 Å². The van der Waals surface area contributed by atoms with Gasteiger partial charge < -0.3 is 5.73 Å². The van der Waals surface area contributed by atoms with Gasteiger partial charge in [-0.1, -0.05) is 42.0 Å². The van der Waals surface area contributed by atoms with Crippen LogP contribution in [0.25, 0.3) is 10.9 Å². The summed E-state index contributed by atoms with van der Waals surface area (Å²) in [6, 6.07) is 15.0. The number of para-hydroxylation sites is 1. The fraction of sp³-hybridized carbons (Fsp3) is 0.111. The van der Waals surface area contributed by atoms with E-state index < -0.39 is 0 Å². The van der Waals surface area contributed by atoms with Gasteiger partial charge in [-0.3, -0.25) is 4.79 Å². The van der Waals surface area contributed by atoms with E-state index in [1.165, 1.54) is 0 Å². The van der Waals surface area contributed by atoms with Crippen molar-refractivity contribution in [3.05, 3.63) is 70.9 Å². The second kappa shape index (κ2) is 5.02. The van der Waals surface area contributed by atoms with Crippen LogP contribution in [0, 0.1) is 13.8 Å². The Labute approximate surface area is 123 Å². The molecule has 1 heterocycles. The van der Waals surface area contributed by atoms with E-state index in [0.717, 1.165) is 22.0 Å². The lowest BCUT2D eigenvalue weighted by molar-refractivity contribution is 0.103. The van der Waals surface area contributed by atoms with E-state index in [1.54, 1.807) is 6.07 Å². The first-order chi connectivity index (χ1) is 10.1. The summed E-state index contributed by atoms with van der Waals surface area (Å²) in [7, 11) is 0. The third kappa shape index (κ3) is 2.38. The topological polar surface area (TPSA) is 56.0 Å². The molecule has 21 heavy (non-hydrogen) atoms. The molecule has 0 aliphatic heterocycles. The molecule has 104 valence electrons. The van der Waals surface area contributed by atoms with E-state index in [9.17, 15) is 4.79 Å². The molecule has 0 bridgehead atoms. The summed E-state index contributed by atoms with van der Waals surface area (Å²) in [6.45, 7) is 3.94. The fourth-order valence-electron chi connectivity index (χ4n) is 2.52. The molecule has 1 aromatic heterocycles. The van der Waals surface area contributed by atoms with Gasteiger partial charge in [0.1, 0.15) is 5.69 Å². The molecule has 0 saturated carbocycles. The third-order valence-electron chi connectivity index (χ3n) is 3.61. The molecule has 3 heteroatoms. The molecule has 3 aromatic rings. The predicted octanol–water partition coefficient (Wildman–Crippen LogP) is 3.66. The van der Waals surface area contributed by atoms with Crippen LogP contribution in [0.1, 0.15) is 27.2 Å². The molecule has 0 atom stereocenters. The summed E-state index contributed by atoms with van der Waals surface area (Å²) in [4.78, 5) is 17.1. The molecule has 2 N–H and O–H groups in total. The summed E-state index contributed by atoms with van der Waals surface area (Å²) in [5, 5.41) is 0.870. The Kier molecular flexibility index (Phi) is 3.18. The fourth-order valence-corrected chi connectivity index (χ4v) is 2.52. The van der Waals surface area contributed by atoms with Crippen molar-refractivity contribution < 1.29 is 4.79 Å². The molecular formula is C18H16N2O. The molecule has 3 nitrogen and oxygen atoms in total. The first-order valence-electron chi connectivity index (χ1n) is 6.83. The van der Waals surface area contributed by atoms with Gasteiger partial charge in [0.15, 0.2) is 0 Å². The average molecular weight is 276 g/mol. The maximum Gasteiger partial charge on any atom is 0.211 e. The van der Waals surface area contributed by atoms with E-state index in [0.29, 0.717) is 16.9 Å². The van der Waals surface area contributed by atoms with Crippen LogP contribution in [0.4, 0.5) is 5.69 Å². The number of ketones is 1. The zero-order valence-corrected chi connectivity index (χ0v) is 12.1. The Morgan fingerprint density at radius 1 is 1.05 bits per heavy atom. The minimum Gasteiger partial charge on any atom is -0.398 e. The summed E-state index contributed by atoms with van der Waals surface area (Å²) in [6.07, 6.45) is 0. The molecule has 3 rings (SSSR count). The number of pyridine rings is 1. The largest absolute Gasteiger partial charge is 0.398 e. The highest BCUT2D eigenvalue weighted by molar-refractivity contribution is 6.10. The van der Waals surface area contributed by atoms with E-state index in [1.807, 2.05) is 56.3 Å². The van der Waals surface area contributed by atoms with E-state index in [4.69, 9.17) is 5.73 Å². The Hall–Kier alpha value is -2.68. The average Bonchev–Trinajstić information content (AvgIpc) is 2.46. The van der Waals surface area contributed by atoms with Crippen LogP contribution in [-0.4, -0.2) is 10.8 Å². The molecule has 0 radical (unpaired) electrons. The highest BCUT2D eigenvalue weighted by Crippen LogP contribution is 2.22. The molecule has 0 aliphatic rings. The van der Waals surface area contributed by atoms with Gasteiger partial charge in [0, 0.05) is 16.6 Å². The Bertz CT molecular complexity index is 853. The molecule has 2 aromatic carbocycles. The van der Waals surface area contributed by atoms with Crippen LogP contribution in [0.5, 0.6) is 0 Å². The second-order valence-electron chi connectivity index (χ2n) is 5.26. The lowest BCUT2D eigenvalue weighted by Gasteiger charge is -2.08. The third-order valence-corrected chi connectivity index (χ3v) is 3.61. The van der Waals surface area contributed by atoms with E-state index in [2.05, 4.69) is 4.98 Å². The van der Waals surface area contributed by atoms with E-state index >= 15 is 0 Å². The normalized spacial score (nSPS) is 10.8. The molecule has 0 saturated heterocycles. The van der Waals surface area contributed by atoms with Gasteiger partial charge in [-0.2, -0.15) is 0 Å². The Morgan fingerprint density at radius 2 is 1.81 bits per heavy atom. The number of benzene rings is 2. The molecular weight excluding hydrogens is 260 g/mol. The standard InChI is InChI=1S/C18H16N2O/c1-11-7-8-13(12(2)9-11)18(21)17-10-15(19)14-5-3-4-6-16(14)20-17/h3-10H,1-2H3,(H2,19,20). The molecule has 0 spiro atoms. The van der Waals surface area contributed by atoms with Crippen LogP contribution >= 0.6 is 0 Å². The van der Waals surface area contributed by atoms with Crippen LogP contribution in [0.2, 0.25) is 0 Å². The number of carbonyl (C=O) groups excluding carboxylic acids is 1. The summed E-state index contributed by atoms with van der Waals surface area (Å²) in [5.41, 5.74) is 10.5. The quantitative estimate of drug-likeness (QED) is 0.727. The highest BCUT2D eigenvalue weighted by Gasteiger charge is 2.15.